The number of aromatic nitrogens is 1. The highest BCUT2D eigenvalue weighted by molar-refractivity contribution is 8.01. The van der Waals surface area contributed by atoms with Gasteiger partial charge in [-0.2, -0.15) is 0 Å². The van der Waals surface area contributed by atoms with Gasteiger partial charge in [0.05, 0.1) is 11.4 Å². The highest BCUT2D eigenvalue weighted by atomic mass is 32.2. The van der Waals surface area contributed by atoms with Gasteiger partial charge in [0.2, 0.25) is 11.8 Å². The van der Waals surface area contributed by atoms with E-state index >= 15 is 4.39 Å². The molecule has 1 aliphatic carbocycles. The van der Waals surface area contributed by atoms with Crippen LogP contribution in [-0.4, -0.2) is 83.9 Å². The number of nitrogens with zero attached hydrogens (tertiary/aromatic N) is 3. The Morgan fingerprint density at radius 2 is 1.79 bits per heavy atom. The Morgan fingerprint density at radius 3 is 2.40 bits per heavy atom. The molecule has 262 valence electrons. The molecule has 15 heteroatoms. The number of carbonyl (C=O) groups is 4. The molecule has 4 amide bonds. The van der Waals surface area contributed by atoms with E-state index in [1.165, 1.54) is 18.4 Å². The first-order valence-electron chi connectivity index (χ1n) is 16.5. The fourth-order valence-electron chi connectivity index (χ4n) is 6.28. The molecule has 7 N–H and O–H groups in total. The number of amides is 4. The number of hydrogen-bond acceptors (Lipinski definition) is 10. The topological polar surface area (TPSA) is 189 Å². The fourth-order valence-corrected chi connectivity index (χ4v) is 6.53. The second kappa shape index (κ2) is 17.4. The Balaban J connectivity index is 1.55. The van der Waals surface area contributed by atoms with Crippen LogP contribution in [0.4, 0.5) is 10.1 Å². The molecule has 1 aromatic carbocycles. The molecule has 13 nitrogen and oxygen atoms in total. The summed E-state index contributed by atoms with van der Waals surface area (Å²) in [5.41, 5.74) is 6.68. The lowest BCUT2D eigenvalue weighted by Crippen LogP contribution is -2.55. The summed E-state index contributed by atoms with van der Waals surface area (Å²) in [4.78, 5) is 57.4. The average Bonchev–Trinajstić information content (AvgIpc) is 3.41. The van der Waals surface area contributed by atoms with E-state index < -0.39 is 41.5 Å². The van der Waals surface area contributed by atoms with Crippen LogP contribution >= 0.6 is 11.9 Å². The van der Waals surface area contributed by atoms with E-state index in [9.17, 15) is 19.2 Å². The molecular weight excluding hydrogens is 639 g/mol. The third kappa shape index (κ3) is 9.14. The van der Waals surface area contributed by atoms with E-state index in [1.54, 1.807) is 17.9 Å². The first kappa shape index (κ1) is 36.9. The lowest BCUT2D eigenvalue weighted by Gasteiger charge is -2.36. The van der Waals surface area contributed by atoms with Crippen molar-refractivity contribution in [1.82, 2.24) is 25.6 Å². The van der Waals surface area contributed by atoms with E-state index in [4.69, 9.17) is 15.4 Å². The van der Waals surface area contributed by atoms with Crippen LogP contribution in [0.5, 0.6) is 0 Å². The zero-order valence-electron chi connectivity index (χ0n) is 27.8. The van der Waals surface area contributed by atoms with Gasteiger partial charge in [0.1, 0.15) is 34.6 Å². The molecule has 2 heterocycles. The van der Waals surface area contributed by atoms with E-state index in [0.717, 1.165) is 44.7 Å². The van der Waals surface area contributed by atoms with Gasteiger partial charge in [-0.1, -0.05) is 50.8 Å². The molecule has 1 saturated carbocycles. The van der Waals surface area contributed by atoms with Crippen molar-refractivity contribution >= 4 is 41.3 Å². The second-order valence-corrected chi connectivity index (χ2v) is 13.2. The highest BCUT2D eigenvalue weighted by Gasteiger charge is 2.35. The van der Waals surface area contributed by atoms with E-state index in [-0.39, 0.29) is 28.0 Å². The van der Waals surface area contributed by atoms with Gasteiger partial charge < -0.3 is 36.0 Å². The number of anilines is 1. The number of nitrogens with one attached hydrogen (secondary N) is 3. The first-order valence-corrected chi connectivity index (χ1v) is 17.4. The molecule has 0 bridgehead atoms. The Labute approximate surface area is 284 Å². The monoisotopic (exact) mass is 686 g/mol. The van der Waals surface area contributed by atoms with Crippen molar-refractivity contribution in [2.75, 3.05) is 38.5 Å². The number of rotatable bonds is 12. The molecule has 4 rings (SSSR count). The van der Waals surface area contributed by atoms with Crippen LogP contribution in [0.25, 0.3) is 0 Å². The molecule has 0 spiro atoms. The molecule has 1 aromatic heterocycles. The molecule has 2 aliphatic rings. The summed E-state index contributed by atoms with van der Waals surface area (Å²) in [6.07, 6.45) is 8.27. The van der Waals surface area contributed by atoms with Gasteiger partial charge in [0, 0.05) is 38.3 Å². The van der Waals surface area contributed by atoms with Crippen LogP contribution < -0.4 is 26.8 Å². The molecule has 1 aliphatic heterocycles. The standard InChI is InChI=1S/C33H47FN8O5S/c1-4-25-23(19-47-40-25)30(43)39-29(21-9-7-5-6-8-10-21)32(45)37-26-12-11-22(17-24(26)34)20(2)28(38-31(44)27(18-35)48-36)33(46)42-15-13-41(3)14-16-42/h11-12,17-21,28-29H,4-10,13-16,35-36H2,1-3H3,(H,37,45)(H,38,44)(H,39,43)/b27-18-/t20-,28+,29-/m0/s1. The predicted octanol–water partition coefficient (Wildman–Crippen LogP) is 2.85. The largest absolute Gasteiger partial charge is 0.403 e. The Kier molecular flexibility index (Phi) is 13.4. The van der Waals surface area contributed by atoms with Crippen molar-refractivity contribution in [2.45, 2.75) is 76.8 Å². The lowest BCUT2D eigenvalue weighted by molar-refractivity contribution is -0.137. The van der Waals surface area contributed by atoms with Crippen LogP contribution in [-0.2, 0) is 20.8 Å². The molecule has 3 atom stereocenters. The number of piperazine rings is 1. The second-order valence-electron chi connectivity index (χ2n) is 12.5. The Bertz CT molecular complexity index is 1470. The normalized spacial score (nSPS) is 18.4. The zero-order chi connectivity index (χ0) is 34.8. The Morgan fingerprint density at radius 1 is 1.10 bits per heavy atom. The van der Waals surface area contributed by atoms with E-state index in [0.29, 0.717) is 55.8 Å². The molecule has 0 radical (unpaired) electrons. The maximum absolute atomic E-state index is 15.7. The summed E-state index contributed by atoms with van der Waals surface area (Å²) in [7, 11) is 1.97. The summed E-state index contributed by atoms with van der Waals surface area (Å²) in [5, 5.41) is 17.8. The first-order chi connectivity index (χ1) is 23.1. The molecule has 1 saturated heterocycles. The van der Waals surface area contributed by atoms with Gasteiger partial charge in [-0.15, -0.1) is 0 Å². The van der Waals surface area contributed by atoms with Gasteiger partial charge in [0.15, 0.2) is 0 Å². The number of likely N-dealkylation sites (N-methyl/N-ethyl adjacent to an activating group) is 1. The minimum atomic E-state index is -1.04. The number of carbonyl (C=O) groups excluding carboxylic acids is 4. The van der Waals surface area contributed by atoms with E-state index in [2.05, 4.69) is 26.0 Å². The van der Waals surface area contributed by atoms with Gasteiger partial charge in [-0.25, -0.2) is 4.39 Å². The number of hydrogen-bond donors (Lipinski definition) is 5. The summed E-state index contributed by atoms with van der Waals surface area (Å²) in [6.45, 7) is 5.89. The van der Waals surface area contributed by atoms with Crippen molar-refractivity contribution < 1.29 is 28.1 Å². The van der Waals surface area contributed by atoms with Crippen molar-refractivity contribution in [2.24, 2.45) is 16.8 Å². The predicted molar refractivity (Wildman–Crippen MR) is 182 cm³/mol. The smallest absolute Gasteiger partial charge is 0.261 e. The molecular formula is C33H47FN8O5S. The minimum absolute atomic E-state index is 0.0351. The van der Waals surface area contributed by atoms with Crippen molar-refractivity contribution in [3.8, 4) is 0 Å². The highest BCUT2D eigenvalue weighted by Crippen LogP contribution is 2.29. The van der Waals surface area contributed by atoms with Gasteiger partial charge in [-0.05, 0) is 61.9 Å². The number of benzene rings is 1. The number of halogens is 1. The molecule has 2 aromatic rings. The van der Waals surface area contributed by atoms with Gasteiger partial charge >= 0.3 is 0 Å². The quantitative estimate of drug-likeness (QED) is 0.126. The van der Waals surface area contributed by atoms with Crippen LogP contribution in [0.2, 0.25) is 0 Å². The summed E-state index contributed by atoms with van der Waals surface area (Å²) >= 11 is 0.661. The average molecular weight is 687 g/mol. The number of aryl methyl sites for hydroxylation is 1. The molecule has 2 fully saturated rings. The minimum Gasteiger partial charge on any atom is -0.403 e. The lowest BCUT2D eigenvalue weighted by atomic mass is 9.90. The molecule has 0 unspecified atom stereocenters. The van der Waals surface area contributed by atoms with Crippen LogP contribution in [0.3, 0.4) is 0 Å². The van der Waals surface area contributed by atoms with E-state index in [1.807, 2.05) is 14.0 Å². The maximum atomic E-state index is 15.7. The van der Waals surface area contributed by atoms with Crippen LogP contribution in [0.15, 0.2) is 40.1 Å². The SMILES string of the molecule is CCc1nocc1C(=O)N[C@H](C(=O)Nc1ccc([C@H](C)[C@@H](NC(=O)/C(=C/N)SN)C(=O)N2CCN(C)CC2)cc1F)C1CCCCCC1. The Hall–Kier alpha value is -3.95. The zero-order valence-corrected chi connectivity index (χ0v) is 28.6. The summed E-state index contributed by atoms with van der Waals surface area (Å²) in [6, 6.07) is 2.35. The van der Waals surface area contributed by atoms with Gasteiger partial charge in [-0.3, -0.25) is 24.3 Å². The van der Waals surface area contributed by atoms with Gasteiger partial charge in [0.25, 0.3) is 11.8 Å². The molecule has 48 heavy (non-hydrogen) atoms. The third-order valence-corrected chi connectivity index (χ3v) is 9.89. The summed E-state index contributed by atoms with van der Waals surface area (Å²) < 4.78 is 20.7. The van der Waals surface area contributed by atoms with Crippen molar-refractivity contribution in [1.29, 1.82) is 0 Å². The van der Waals surface area contributed by atoms with Crippen molar-refractivity contribution in [3.63, 3.8) is 0 Å². The van der Waals surface area contributed by atoms with Crippen LogP contribution in [0.1, 0.15) is 79.9 Å². The van der Waals surface area contributed by atoms with Crippen molar-refractivity contribution in [3.05, 3.63) is 58.2 Å². The third-order valence-electron chi connectivity index (χ3n) is 9.31. The maximum Gasteiger partial charge on any atom is 0.261 e. The fraction of sp³-hybridized carbons (Fsp3) is 0.545. The summed E-state index contributed by atoms with van der Waals surface area (Å²) in [5.74, 6) is -3.42. The number of nitrogens with two attached hydrogens (primary N) is 2. The van der Waals surface area contributed by atoms with Crippen LogP contribution in [0, 0.1) is 11.7 Å².